The number of halogens is 3. The molecule has 0 saturated heterocycles. The van der Waals surface area contributed by atoms with Gasteiger partial charge in [0.05, 0.1) is 17.3 Å². The molecule has 1 rings (SSSR count). The van der Waals surface area contributed by atoms with Crippen molar-refractivity contribution in [3.8, 4) is 0 Å². The van der Waals surface area contributed by atoms with Crippen molar-refractivity contribution in [2.75, 3.05) is 6.26 Å². The Morgan fingerprint density at radius 1 is 1.53 bits per heavy atom. The second-order valence-corrected chi connectivity index (χ2v) is 5.73. The Morgan fingerprint density at radius 2 is 2.13 bits per heavy atom. The van der Waals surface area contributed by atoms with Gasteiger partial charge in [-0.25, -0.2) is 4.39 Å². The van der Waals surface area contributed by atoms with Crippen LogP contribution in [0.5, 0.6) is 0 Å². The molecule has 15 heavy (non-hydrogen) atoms. The summed E-state index contributed by atoms with van der Waals surface area (Å²) in [7, 11) is -3.55. The fraction of sp³-hybridized carbons (Fsp3) is 0.250. The Bertz CT molecular complexity index is 475. The summed E-state index contributed by atoms with van der Waals surface area (Å²) >= 11 is 8.71. The van der Waals surface area contributed by atoms with Crippen LogP contribution < -0.4 is 0 Å². The van der Waals surface area contributed by atoms with Crippen molar-refractivity contribution in [3.05, 3.63) is 33.0 Å². The molecule has 0 heterocycles. The lowest BCUT2D eigenvalue weighted by Gasteiger charge is -2.05. The Kier molecular flexibility index (Phi) is 4.11. The summed E-state index contributed by atoms with van der Waals surface area (Å²) in [6.45, 7) is -0.276. The number of hydrogen-bond donors (Lipinski definition) is 0. The number of benzene rings is 1. The van der Waals surface area contributed by atoms with E-state index in [1.807, 2.05) is 0 Å². The van der Waals surface area contributed by atoms with Gasteiger partial charge < -0.3 is 0 Å². The predicted molar refractivity (Wildman–Crippen MR) is 58.7 cm³/mol. The van der Waals surface area contributed by atoms with Crippen molar-refractivity contribution in [1.82, 2.24) is 0 Å². The molecule has 0 aliphatic carbocycles. The van der Waals surface area contributed by atoms with Gasteiger partial charge in [-0.1, -0.05) is 11.6 Å². The molecule has 0 amide bonds. The van der Waals surface area contributed by atoms with Gasteiger partial charge in [0.1, 0.15) is 5.82 Å². The largest absolute Gasteiger partial charge is 0.265 e. The average Bonchev–Trinajstić information content (AvgIpc) is 2.07. The minimum Gasteiger partial charge on any atom is -0.265 e. The highest BCUT2D eigenvalue weighted by atomic mass is 79.9. The summed E-state index contributed by atoms with van der Waals surface area (Å²) in [6.07, 6.45) is 0.913. The van der Waals surface area contributed by atoms with Crippen molar-refractivity contribution in [2.45, 2.75) is 6.61 Å². The molecule has 0 radical (unpaired) electrons. The van der Waals surface area contributed by atoms with Gasteiger partial charge in [-0.05, 0) is 28.1 Å². The van der Waals surface area contributed by atoms with E-state index in [-0.39, 0.29) is 21.7 Å². The predicted octanol–water partition coefficient (Wildman–Crippen LogP) is 2.72. The summed E-state index contributed by atoms with van der Waals surface area (Å²) in [4.78, 5) is 0. The van der Waals surface area contributed by atoms with Crippen LogP contribution in [0.15, 0.2) is 16.6 Å². The van der Waals surface area contributed by atoms with E-state index in [1.165, 1.54) is 6.07 Å². The first kappa shape index (κ1) is 12.9. The molecule has 0 fully saturated rings. The van der Waals surface area contributed by atoms with Crippen molar-refractivity contribution >= 4 is 37.6 Å². The number of hydrogen-bond acceptors (Lipinski definition) is 3. The Labute approximate surface area is 100 Å². The van der Waals surface area contributed by atoms with Gasteiger partial charge in [-0.3, -0.25) is 4.18 Å². The highest BCUT2D eigenvalue weighted by molar-refractivity contribution is 9.10. The highest BCUT2D eigenvalue weighted by Gasteiger charge is 2.09. The summed E-state index contributed by atoms with van der Waals surface area (Å²) in [5.74, 6) is -0.522. The van der Waals surface area contributed by atoms with E-state index < -0.39 is 15.9 Å². The van der Waals surface area contributed by atoms with Gasteiger partial charge in [-0.15, -0.1) is 0 Å². The summed E-state index contributed by atoms with van der Waals surface area (Å²) in [6, 6.07) is 2.47. The molecule has 0 bridgehead atoms. The molecule has 0 N–H and O–H groups in total. The molecule has 0 atom stereocenters. The van der Waals surface area contributed by atoms with Crippen LogP contribution in [0.3, 0.4) is 0 Å². The van der Waals surface area contributed by atoms with Crippen LogP contribution in [0, 0.1) is 5.82 Å². The van der Waals surface area contributed by atoms with E-state index >= 15 is 0 Å². The molecular weight excluding hydrogens is 311 g/mol. The lowest BCUT2D eigenvalue weighted by molar-refractivity contribution is 0.311. The monoisotopic (exact) mass is 316 g/mol. The van der Waals surface area contributed by atoms with Gasteiger partial charge in [0.2, 0.25) is 0 Å². The Hall–Kier alpha value is -0.170. The molecule has 0 spiro atoms. The minimum absolute atomic E-state index is 0.218. The van der Waals surface area contributed by atoms with Crippen LogP contribution in [-0.2, 0) is 20.9 Å². The summed E-state index contributed by atoms with van der Waals surface area (Å²) in [5.41, 5.74) is 0.280. The fourth-order valence-electron chi connectivity index (χ4n) is 0.845. The molecule has 0 aromatic heterocycles. The molecule has 7 heteroatoms. The zero-order chi connectivity index (χ0) is 11.6. The van der Waals surface area contributed by atoms with Crippen LogP contribution in [-0.4, -0.2) is 14.7 Å². The van der Waals surface area contributed by atoms with Crippen molar-refractivity contribution in [3.63, 3.8) is 0 Å². The van der Waals surface area contributed by atoms with Crippen LogP contribution in [0.1, 0.15) is 5.56 Å². The van der Waals surface area contributed by atoms with Gasteiger partial charge >= 0.3 is 0 Å². The zero-order valence-corrected chi connectivity index (χ0v) is 10.8. The summed E-state index contributed by atoms with van der Waals surface area (Å²) < 4.78 is 39.2. The van der Waals surface area contributed by atoms with E-state index in [1.54, 1.807) is 0 Å². The van der Waals surface area contributed by atoms with E-state index in [0.717, 1.165) is 12.3 Å². The third kappa shape index (κ3) is 4.06. The van der Waals surface area contributed by atoms with Crippen LogP contribution in [0.2, 0.25) is 5.02 Å². The second-order valence-electron chi connectivity index (χ2n) is 2.82. The highest BCUT2D eigenvalue weighted by Crippen LogP contribution is 2.25. The molecule has 0 unspecified atom stereocenters. The average molecular weight is 318 g/mol. The standard InChI is InChI=1S/C8H7BrClFO3S/c1-15(12,13)14-4-5-2-8(11)6(9)3-7(5)10/h2-3H,4H2,1H3. The first-order valence-corrected chi connectivity index (χ1v) is 6.76. The minimum atomic E-state index is -3.55. The fourth-order valence-corrected chi connectivity index (χ4v) is 1.88. The Morgan fingerprint density at radius 3 is 2.67 bits per heavy atom. The maximum Gasteiger partial charge on any atom is 0.264 e. The first-order valence-electron chi connectivity index (χ1n) is 3.77. The van der Waals surface area contributed by atoms with E-state index in [0.29, 0.717) is 0 Å². The molecule has 0 aliphatic rings. The second kappa shape index (κ2) is 4.78. The van der Waals surface area contributed by atoms with Crippen molar-refractivity contribution in [2.24, 2.45) is 0 Å². The SMILES string of the molecule is CS(=O)(=O)OCc1cc(F)c(Br)cc1Cl. The van der Waals surface area contributed by atoms with E-state index in [9.17, 15) is 12.8 Å². The van der Waals surface area contributed by atoms with Gasteiger partial charge in [0, 0.05) is 10.6 Å². The normalized spacial score (nSPS) is 11.7. The van der Waals surface area contributed by atoms with Crippen molar-refractivity contribution in [1.29, 1.82) is 0 Å². The molecule has 1 aromatic carbocycles. The van der Waals surface area contributed by atoms with E-state index in [2.05, 4.69) is 20.1 Å². The van der Waals surface area contributed by atoms with E-state index in [4.69, 9.17) is 11.6 Å². The van der Waals surface area contributed by atoms with Gasteiger partial charge in [0.25, 0.3) is 10.1 Å². The summed E-state index contributed by atoms with van der Waals surface area (Å²) in [5, 5.41) is 0.243. The van der Waals surface area contributed by atoms with Crippen LogP contribution >= 0.6 is 27.5 Å². The topological polar surface area (TPSA) is 43.4 Å². The van der Waals surface area contributed by atoms with Gasteiger partial charge in [-0.2, -0.15) is 8.42 Å². The zero-order valence-electron chi connectivity index (χ0n) is 7.63. The van der Waals surface area contributed by atoms with Crippen LogP contribution in [0.4, 0.5) is 4.39 Å². The van der Waals surface area contributed by atoms with Crippen LogP contribution in [0.25, 0.3) is 0 Å². The molecule has 0 saturated carbocycles. The third-order valence-electron chi connectivity index (χ3n) is 1.52. The van der Waals surface area contributed by atoms with Gasteiger partial charge in [0.15, 0.2) is 0 Å². The van der Waals surface area contributed by atoms with Crippen molar-refractivity contribution < 1.29 is 17.0 Å². The lowest BCUT2D eigenvalue weighted by Crippen LogP contribution is -2.03. The smallest absolute Gasteiger partial charge is 0.264 e. The first-order chi connectivity index (χ1) is 6.79. The number of rotatable bonds is 3. The lowest BCUT2D eigenvalue weighted by atomic mass is 10.2. The molecule has 1 aromatic rings. The third-order valence-corrected chi connectivity index (χ3v) is 3.02. The Balaban J connectivity index is 2.91. The molecule has 0 aliphatic heterocycles. The molecule has 84 valence electrons. The quantitative estimate of drug-likeness (QED) is 0.636. The maximum absolute atomic E-state index is 13.1. The maximum atomic E-state index is 13.1. The molecular formula is C8H7BrClFO3S. The molecule has 3 nitrogen and oxygen atoms in total.